The van der Waals surface area contributed by atoms with Crippen molar-refractivity contribution in [2.75, 3.05) is 18.5 Å². The van der Waals surface area contributed by atoms with E-state index in [4.69, 9.17) is 4.74 Å². The maximum atomic E-state index is 5.71. The first-order chi connectivity index (χ1) is 8.79. The zero-order chi connectivity index (χ0) is 12.8. The number of aromatic nitrogens is 1. The van der Waals surface area contributed by atoms with Gasteiger partial charge in [-0.3, -0.25) is 0 Å². The van der Waals surface area contributed by atoms with Crippen LogP contribution in [0.2, 0.25) is 0 Å². The molecule has 100 valence electrons. The molecular weight excluding hydrogens is 224 g/mol. The Hall–Kier alpha value is -1.25. The molecule has 0 atom stereocenters. The highest BCUT2D eigenvalue weighted by Gasteiger charge is 2.34. The van der Waals surface area contributed by atoms with Crippen LogP contribution in [-0.2, 0) is 0 Å². The van der Waals surface area contributed by atoms with Gasteiger partial charge in [0.25, 0.3) is 0 Å². The molecule has 1 aromatic rings. The van der Waals surface area contributed by atoms with E-state index >= 15 is 0 Å². The normalized spacial score (nSPS) is 17.0. The van der Waals surface area contributed by atoms with Gasteiger partial charge in [-0.15, -0.1) is 0 Å². The molecule has 0 saturated heterocycles. The van der Waals surface area contributed by atoms with Crippen molar-refractivity contribution in [3.8, 4) is 5.75 Å². The van der Waals surface area contributed by atoms with E-state index in [0.29, 0.717) is 5.41 Å². The Labute approximate surface area is 110 Å². The van der Waals surface area contributed by atoms with Crippen LogP contribution in [0.5, 0.6) is 5.75 Å². The Morgan fingerprint density at radius 2 is 2.22 bits per heavy atom. The molecule has 1 aliphatic carbocycles. The van der Waals surface area contributed by atoms with Crippen molar-refractivity contribution in [1.29, 1.82) is 0 Å². The molecule has 1 heterocycles. The standard InChI is InChI=1S/C15H24N2O/c1-3-11-18-13-7-5-10-16-14(13)17-12-15(4-2)8-6-9-15/h5,7,10H,3-4,6,8-9,11-12H2,1-2H3,(H,16,17). The predicted molar refractivity (Wildman–Crippen MR) is 75.1 cm³/mol. The second-order valence-corrected chi connectivity index (χ2v) is 5.26. The maximum absolute atomic E-state index is 5.71. The van der Waals surface area contributed by atoms with E-state index in [9.17, 15) is 0 Å². The molecular formula is C15H24N2O. The van der Waals surface area contributed by atoms with Gasteiger partial charge in [0.15, 0.2) is 11.6 Å². The van der Waals surface area contributed by atoms with Gasteiger partial charge in [0.1, 0.15) is 0 Å². The van der Waals surface area contributed by atoms with Crippen molar-refractivity contribution in [3.63, 3.8) is 0 Å². The van der Waals surface area contributed by atoms with Gasteiger partial charge in [-0.1, -0.05) is 20.3 Å². The first-order valence-electron chi connectivity index (χ1n) is 7.11. The van der Waals surface area contributed by atoms with E-state index in [2.05, 4.69) is 24.1 Å². The number of hydrogen-bond donors (Lipinski definition) is 1. The maximum Gasteiger partial charge on any atom is 0.168 e. The highest BCUT2D eigenvalue weighted by atomic mass is 16.5. The molecule has 1 aromatic heterocycles. The van der Waals surface area contributed by atoms with Gasteiger partial charge in [-0.2, -0.15) is 0 Å². The number of nitrogens with one attached hydrogen (secondary N) is 1. The average molecular weight is 248 g/mol. The summed E-state index contributed by atoms with van der Waals surface area (Å²) in [5.74, 6) is 1.77. The van der Waals surface area contributed by atoms with Crippen molar-refractivity contribution < 1.29 is 4.74 Å². The molecule has 0 radical (unpaired) electrons. The number of anilines is 1. The number of pyridine rings is 1. The summed E-state index contributed by atoms with van der Waals surface area (Å²) < 4.78 is 5.71. The summed E-state index contributed by atoms with van der Waals surface area (Å²) in [5, 5.41) is 3.48. The molecule has 1 N–H and O–H groups in total. The van der Waals surface area contributed by atoms with Gasteiger partial charge in [-0.25, -0.2) is 4.98 Å². The van der Waals surface area contributed by atoms with Gasteiger partial charge in [0.2, 0.25) is 0 Å². The molecule has 0 unspecified atom stereocenters. The summed E-state index contributed by atoms with van der Waals surface area (Å²) in [4.78, 5) is 4.39. The van der Waals surface area contributed by atoms with Crippen LogP contribution in [0.1, 0.15) is 46.0 Å². The van der Waals surface area contributed by atoms with Gasteiger partial charge < -0.3 is 10.1 Å². The van der Waals surface area contributed by atoms with Crippen molar-refractivity contribution in [3.05, 3.63) is 18.3 Å². The Morgan fingerprint density at radius 3 is 2.83 bits per heavy atom. The van der Waals surface area contributed by atoms with E-state index in [1.807, 2.05) is 18.3 Å². The van der Waals surface area contributed by atoms with Crippen LogP contribution in [0.3, 0.4) is 0 Å². The molecule has 1 saturated carbocycles. The van der Waals surface area contributed by atoms with E-state index in [1.54, 1.807) is 0 Å². The Balaban J connectivity index is 1.95. The summed E-state index contributed by atoms with van der Waals surface area (Å²) in [7, 11) is 0. The third-order valence-corrected chi connectivity index (χ3v) is 4.03. The van der Waals surface area contributed by atoms with E-state index < -0.39 is 0 Å². The monoisotopic (exact) mass is 248 g/mol. The zero-order valence-electron chi connectivity index (χ0n) is 11.5. The lowest BCUT2D eigenvalue weighted by Crippen LogP contribution is -2.36. The smallest absolute Gasteiger partial charge is 0.168 e. The first-order valence-corrected chi connectivity index (χ1v) is 7.11. The highest BCUT2D eigenvalue weighted by Crippen LogP contribution is 2.43. The fraction of sp³-hybridized carbons (Fsp3) is 0.667. The molecule has 3 heteroatoms. The quantitative estimate of drug-likeness (QED) is 0.795. The highest BCUT2D eigenvalue weighted by molar-refractivity contribution is 5.49. The molecule has 18 heavy (non-hydrogen) atoms. The molecule has 0 aromatic carbocycles. The van der Waals surface area contributed by atoms with E-state index in [1.165, 1.54) is 25.7 Å². The number of ether oxygens (including phenoxy) is 1. The topological polar surface area (TPSA) is 34.1 Å². The largest absolute Gasteiger partial charge is 0.490 e. The minimum Gasteiger partial charge on any atom is -0.490 e. The lowest BCUT2D eigenvalue weighted by Gasteiger charge is -2.41. The van der Waals surface area contributed by atoms with Crippen LogP contribution in [-0.4, -0.2) is 18.1 Å². The van der Waals surface area contributed by atoms with Gasteiger partial charge in [0, 0.05) is 12.7 Å². The van der Waals surface area contributed by atoms with Gasteiger partial charge in [0.05, 0.1) is 6.61 Å². The van der Waals surface area contributed by atoms with Crippen molar-refractivity contribution >= 4 is 5.82 Å². The minimum absolute atomic E-state index is 0.500. The van der Waals surface area contributed by atoms with Crippen LogP contribution in [0.25, 0.3) is 0 Å². The van der Waals surface area contributed by atoms with Crippen molar-refractivity contribution in [1.82, 2.24) is 4.98 Å². The fourth-order valence-electron chi connectivity index (χ4n) is 2.46. The summed E-state index contributed by atoms with van der Waals surface area (Å²) in [6.07, 6.45) is 8.14. The number of nitrogens with zero attached hydrogens (tertiary/aromatic N) is 1. The zero-order valence-corrected chi connectivity index (χ0v) is 11.5. The molecule has 2 rings (SSSR count). The third kappa shape index (κ3) is 2.95. The van der Waals surface area contributed by atoms with Crippen LogP contribution in [0.4, 0.5) is 5.82 Å². The fourth-order valence-corrected chi connectivity index (χ4v) is 2.46. The first kappa shape index (κ1) is 13.2. The molecule has 1 aliphatic rings. The Morgan fingerprint density at radius 1 is 1.39 bits per heavy atom. The summed E-state index contributed by atoms with van der Waals surface area (Å²) in [6, 6.07) is 3.92. The summed E-state index contributed by atoms with van der Waals surface area (Å²) >= 11 is 0. The molecule has 0 aliphatic heterocycles. The lowest BCUT2D eigenvalue weighted by molar-refractivity contribution is 0.144. The van der Waals surface area contributed by atoms with Gasteiger partial charge in [-0.05, 0) is 43.2 Å². The molecule has 0 amide bonds. The van der Waals surface area contributed by atoms with Crippen molar-refractivity contribution in [2.45, 2.75) is 46.0 Å². The summed E-state index contributed by atoms with van der Waals surface area (Å²) in [6.45, 7) is 6.17. The Bertz CT molecular complexity index is 369. The second-order valence-electron chi connectivity index (χ2n) is 5.26. The minimum atomic E-state index is 0.500. The van der Waals surface area contributed by atoms with Gasteiger partial charge >= 0.3 is 0 Å². The third-order valence-electron chi connectivity index (χ3n) is 4.03. The molecule has 0 spiro atoms. The second kappa shape index (κ2) is 6.07. The molecule has 3 nitrogen and oxygen atoms in total. The van der Waals surface area contributed by atoms with Crippen LogP contribution in [0.15, 0.2) is 18.3 Å². The molecule has 1 fully saturated rings. The molecule has 0 bridgehead atoms. The number of rotatable bonds is 7. The predicted octanol–water partition coefficient (Wildman–Crippen LogP) is 3.86. The SMILES string of the molecule is CCCOc1cccnc1NCC1(CC)CCC1. The van der Waals surface area contributed by atoms with Crippen molar-refractivity contribution in [2.24, 2.45) is 5.41 Å². The summed E-state index contributed by atoms with van der Waals surface area (Å²) in [5.41, 5.74) is 0.500. The Kier molecular flexibility index (Phi) is 4.45. The van der Waals surface area contributed by atoms with Crippen LogP contribution in [0, 0.1) is 5.41 Å². The van der Waals surface area contributed by atoms with Crippen LogP contribution >= 0.6 is 0 Å². The number of hydrogen-bond acceptors (Lipinski definition) is 3. The van der Waals surface area contributed by atoms with E-state index in [0.717, 1.165) is 31.1 Å². The van der Waals surface area contributed by atoms with Crippen LogP contribution < -0.4 is 10.1 Å². The van der Waals surface area contributed by atoms with E-state index in [-0.39, 0.29) is 0 Å². The lowest BCUT2D eigenvalue weighted by atomic mass is 9.67. The average Bonchev–Trinajstić information content (AvgIpc) is 2.37.